The molecule has 2 N–H and O–H groups in total. The maximum Gasteiger partial charge on any atom is 0.330 e. The Labute approximate surface area is 138 Å². The van der Waals surface area contributed by atoms with Gasteiger partial charge in [0.05, 0.1) is 13.7 Å². The standard InChI is InChI=1S/C19H27NO3/c1-13(2)10-16(12-21)20-18-8-6-15-11-14(4-7-17(15)18)5-9-19(22)23-3/h4-5,7,9,11,13,16,18,20-21H,6,8,10,12H2,1-3H3/b9-5+/t16-,18+/m0/s1. The van der Waals surface area contributed by atoms with Crippen LogP contribution in [0.5, 0.6) is 0 Å². The first-order chi connectivity index (χ1) is 11.0. The van der Waals surface area contributed by atoms with Crippen molar-refractivity contribution in [3.63, 3.8) is 0 Å². The Balaban J connectivity index is 2.06. The van der Waals surface area contributed by atoms with Crippen LogP contribution in [0.2, 0.25) is 0 Å². The lowest BCUT2D eigenvalue weighted by atomic mass is 10.0. The van der Waals surface area contributed by atoms with E-state index in [4.69, 9.17) is 0 Å². The molecule has 1 aromatic carbocycles. The second-order valence-corrected chi connectivity index (χ2v) is 6.58. The molecule has 4 heteroatoms. The number of aliphatic hydroxyl groups is 1. The SMILES string of the molecule is COC(=O)/C=C/c1ccc2c(c1)CC[C@H]2N[C@H](CO)CC(C)C. The predicted octanol–water partition coefficient (Wildman–Crippen LogP) is 2.86. The van der Waals surface area contributed by atoms with Crippen LogP contribution in [-0.2, 0) is 16.0 Å². The highest BCUT2D eigenvalue weighted by Crippen LogP contribution is 2.32. The van der Waals surface area contributed by atoms with Gasteiger partial charge in [-0.05, 0) is 47.9 Å². The number of hydrogen-bond acceptors (Lipinski definition) is 4. The largest absolute Gasteiger partial charge is 0.466 e. The summed E-state index contributed by atoms with van der Waals surface area (Å²) in [4.78, 5) is 11.2. The quantitative estimate of drug-likeness (QED) is 0.600. The number of aliphatic hydroxyl groups excluding tert-OH is 1. The predicted molar refractivity (Wildman–Crippen MR) is 92.0 cm³/mol. The van der Waals surface area contributed by atoms with Crippen LogP contribution >= 0.6 is 0 Å². The summed E-state index contributed by atoms with van der Waals surface area (Å²) in [5.74, 6) is 0.218. The number of carbonyl (C=O) groups is 1. The van der Waals surface area contributed by atoms with E-state index >= 15 is 0 Å². The zero-order valence-electron chi connectivity index (χ0n) is 14.2. The number of aryl methyl sites for hydroxylation is 1. The number of ether oxygens (including phenoxy) is 1. The molecule has 0 radical (unpaired) electrons. The molecule has 0 aromatic heterocycles. The second kappa shape index (κ2) is 8.27. The van der Waals surface area contributed by atoms with E-state index in [0.717, 1.165) is 24.8 Å². The first kappa shape index (κ1) is 17.7. The Morgan fingerprint density at radius 1 is 1.48 bits per heavy atom. The second-order valence-electron chi connectivity index (χ2n) is 6.58. The summed E-state index contributed by atoms with van der Waals surface area (Å²) in [6, 6.07) is 6.73. The molecule has 0 heterocycles. The average Bonchev–Trinajstić information content (AvgIpc) is 2.93. The Morgan fingerprint density at radius 2 is 2.26 bits per heavy atom. The lowest BCUT2D eigenvalue weighted by Crippen LogP contribution is -2.36. The Bertz CT molecular complexity index is 566. The zero-order valence-corrected chi connectivity index (χ0v) is 14.2. The van der Waals surface area contributed by atoms with Crippen LogP contribution in [0.3, 0.4) is 0 Å². The van der Waals surface area contributed by atoms with Gasteiger partial charge in [0.25, 0.3) is 0 Å². The van der Waals surface area contributed by atoms with E-state index < -0.39 is 0 Å². The molecule has 0 saturated carbocycles. The highest BCUT2D eigenvalue weighted by Gasteiger charge is 2.24. The first-order valence-corrected chi connectivity index (χ1v) is 8.29. The van der Waals surface area contributed by atoms with Crippen molar-refractivity contribution in [2.24, 2.45) is 5.92 Å². The normalized spacial score (nSPS) is 18.4. The van der Waals surface area contributed by atoms with Crippen LogP contribution in [0.25, 0.3) is 6.08 Å². The van der Waals surface area contributed by atoms with Crippen molar-refractivity contribution in [3.05, 3.63) is 41.0 Å². The van der Waals surface area contributed by atoms with E-state index in [0.29, 0.717) is 12.0 Å². The zero-order chi connectivity index (χ0) is 16.8. The molecule has 0 amide bonds. The van der Waals surface area contributed by atoms with E-state index in [1.807, 2.05) is 6.07 Å². The summed E-state index contributed by atoms with van der Waals surface area (Å²) in [6.07, 6.45) is 6.27. The van der Waals surface area contributed by atoms with Gasteiger partial charge in [-0.2, -0.15) is 0 Å². The molecular formula is C19H27NO3. The molecular weight excluding hydrogens is 290 g/mol. The number of hydrogen-bond donors (Lipinski definition) is 2. The van der Waals surface area contributed by atoms with Crippen LogP contribution in [0, 0.1) is 5.92 Å². The Hall–Kier alpha value is -1.65. The lowest BCUT2D eigenvalue weighted by molar-refractivity contribution is -0.134. The third kappa shape index (κ3) is 4.91. The maximum absolute atomic E-state index is 11.2. The van der Waals surface area contributed by atoms with Crippen molar-refractivity contribution in [1.29, 1.82) is 0 Å². The fourth-order valence-electron chi connectivity index (χ4n) is 3.20. The fourth-order valence-corrected chi connectivity index (χ4v) is 3.20. The van der Waals surface area contributed by atoms with Gasteiger partial charge in [-0.15, -0.1) is 0 Å². The van der Waals surface area contributed by atoms with Gasteiger partial charge in [-0.25, -0.2) is 4.79 Å². The summed E-state index contributed by atoms with van der Waals surface area (Å²) >= 11 is 0. The lowest BCUT2D eigenvalue weighted by Gasteiger charge is -2.23. The topological polar surface area (TPSA) is 58.6 Å². The van der Waals surface area contributed by atoms with Crippen molar-refractivity contribution in [2.45, 2.75) is 45.2 Å². The van der Waals surface area contributed by atoms with Crippen LogP contribution in [0.15, 0.2) is 24.3 Å². The van der Waals surface area contributed by atoms with Gasteiger partial charge < -0.3 is 15.2 Å². The number of methoxy groups -OCH3 is 1. The van der Waals surface area contributed by atoms with E-state index in [9.17, 15) is 9.90 Å². The first-order valence-electron chi connectivity index (χ1n) is 8.29. The van der Waals surface area contributed by atoms with Gasteiger partial charge in [0.15, 0.2) is 0 Å². The summed E-state index contributed by atoms with van der Waals surface area (Å²) in [5, 5.41) is 13.1. The van der Waals surface area contributed by atoms with E-state index in [-0.39, 0.29) is 18.6 Å². The Kier molecular flexibility index (Phi) is 6.37. The number of esters is 1. The monoisotopic (exact) mass is 317 g/mol. The van der Waals surface area contributed by atoms with Gasteiger partial charge in [-0.3, -0.25) is 0 Å². The van der Waals surface area contributed by atoms with Crippen molar-refractivity contribution >= 4 is 12.0 Å². The molecule has 0 saturated heterocycles. The third-order valence-corrected chi connectivity index (χ3v) is 4.27. The summed E-state index contributed by atoms with van der Waals surface area (Å²) in [7, 11) is 1.38. The smallest absolute Gasteiger partial charge is 0.330 e. The molecule has 126 valence electrons. The fraction of sp³-hybridized carbons (Fsp3) is 0.526. The molecule has 0 unspecified atom stereocenters. The molecule has 1 aromatic rings. The summed E-state index contributed by atoms with van der Waals surface area (Å²) in [6.45, 7) is 4.52. The van der Waals surface area contributed by atoms with Gasteiger partial charge in [0.1, 0.15) is 0 Å². The molecule has 23 heavy (non-hydrogen) atoms. The molecule has 1 aliphatic carbocycles. The average molecular weight is 317 g/mol. The van der Waals surface area contributed by atoms with Crippen LogP contribution < -0.4 is 5.32 Å². The highest BCUT2D eigenvalue weighted by atomic mass is 16.5. The highest BCUT2D eigenvalue weighted by molar-refractivity contribution is 5.86. The van der Waals surface area contributed by atoms with Gasteiger partial charge in [0.2, 0.25) is 0 Å². The van der Waals surface area contributed by atoms with Crippen molar-refractivity contribution < 1.29 is 14.6 Å². The molecule has 2 rings (SSSR count). The molecule has 4 nitrogen and oxygen atoms in total. The summed E-state index contributed by atoms with van der Waals surface area (Å²) < 4.78 is 4.61. The van der Waals surface area contributed by atoms with Crippen molar-refractivity contribution in [2.75, 3.05) is 13.7 Å². The molecule has 2 atom stereocenters. The Morgan fingerprint density at radius 3 is 2.91 bits per heavy atom. The van der Waals surface area contributed by atoms with Gasteiger partial charge in [-0.1, -0.05) is 32.0 Å². The van der Waals surface area contributed by atoms with Crippen molar-refractivity contribution in [3.8, 4) is 0 Å². The summed E-state index contributed by atoms with van der Waals surface area (Å²) in [5.41, 5.74) is 3.63. The van der Waals surface area contributed by atoms with E-state index in [1.165, 1.54) is 24.3 Å². The van der Waals surface area contributed by atoms with E-state index in [1.54, 1.807) is 6.08 Å². The van der Waals surface area contributed by atoms with Crippen molar-refractivity contribution in [1.82, 2.24) is 5.32 Å². The maximum atomic E-state index is 11.2. The van der Waals surface area contributed by atoms with Gasteiger partial charge >= 0.3 is 5.97 Å². The number of benzene rings is 1. The molecule has 1 aliphatic rings. The van der Waals surface area contributed by atoms with Crippen LogP contribution in [-0.4, -0.2) is 30.8 Å². The minimum absolute atomic E-state index is 0.143. The molecule has 0 fully saturated rings. The number of nitrogens with one attached hydrogen (secondary N) is 1. The molecule has 0 bridgehead atoms. The minimum Gasteiger partial charge on any atom is -0.466 e. The number of fused-ring (bicyclic) bond motifs is 1. The third-order valence-electron chi connectivity index (χ3n) is 4.27. The van der Waals surface area contributed by atoms with Gasteiger partial charge in [0, 0.05) is 18.2 Å². The minimum atomic E-state index is -0.343. The number of carbonyl (C=O) groups excluding carboxylic acids is 1. The number of rotatable bonds is 7. The van der Waals surface area contributed by atoms with Crippen LogP contribution in [0.4, 0.5) is 0 Å². The van der Waals surface area contributed by atoms with E-state index in [2.05, 4.69) is 36.0 Å². The molecule has 0 spiro atoms. The molecule has 0 aliphatic heterocycles. The van der Waals surface area contributed by atoms with Crippen LogP contribution in [0.1, 0.15) is 49.4 Å².